The molecule has 7 nitrogen and oxygen atoms in total. The van der Waals surface area contributed by atoms with Crippen molar-refractivity contribution in [2.24, 2.45) is 11.3 Å². The summed E-state index contributed by atoms with van der Waals surface area (Å²) in [5.74, 6) is -2.68. The zero-order valence-corrected chi connectivity index (χ0v) is 14.8. The van der Waals surface area contributed by atoms with E-state index >= 15 is 0 Å². The number of amides is 2. The molecule has 0 fully saturated rings. The number of carbonyl (C=O) groups is 3. The van der Waals surface area contributed by atoms with Gasteiger partial charge in [-0.25, -0.2) is 10.3 Å². The average Bonchev–Trinajstić information content (AvgIpc) is 2.58. The van der Waals surface area contributed by atoms with E-state index in [1.54, 1.807) is 0 Å². The lowest BCUT2D eigenvalue weighted by molar-refractivity contribution is -0.152. The van der Waals surface area contributed by atoms with E-state index < -0.39 is 29.2 Å². The summed E-state index contributed by atoms with van der Waals surface area (Å²) in [6.07, 6.45) is 0.805. The van der Waals surface area contributed by atoms with Crippen molar-refractivity contribution in [3.05, 3.63) is 35.9 Å². The van der Waals surface area contributed by atoms with E-state index in [-0.39, 0.29) is 18.8 Å². The third-order valence-corrected chi connectivity index (χ3v) is 4.17. The first-order valence-electron chi connectivity index (χ1n) is 8.23. The van der Waals surface area contributed by atoms with E-state index in [2.05, 4.69) is 5.32 Å². The van der Waals surface area contributed by atoms with Gasteiger partial charge in [-0.15, -0.1) is 0 Å². The molecule has 0 saturated carbocycles. The molecule has 25 heavy (non-hydrogen) atoms. The summed E-state index contributed by atoms with van der Waals surface area (Å²) < 4.78 is 0. The monoisotopic (exact) mass is 350 g/mol. The number of hydrogen-bond donors (Lipinski definition) is 4. The molecular formula is C18H26N2O5. The number of rotatable bonds is 9. The highest BCUT2D eigenvalue weighted by Crippen LogP contribution is 2.25. The summed E-state index contributed by atoms with van der Waals surface area (Å²) in [5.41, 5.74) is 0.865. The number of hydroxylamine groups is 1. The third-order valence-electron chi connectivity index (χ3n) is 4.17. The lowest BCUT2D eigenvalue weighted by atomic mass is 9.81. The minimum absolute atomic E-state index is 0.0589. The SMILES string of the molecule is CC(C)C[C@H](NC(=O)C(C)(CCc1ccccc1)C(=O)NO)C(=O)O. The Kier molecular flexibility index (Phi) is 7.57. The van der Waals surface area contributed by atoms with Crippen LogP contribution in [0.4, 0.5) is 0 Å². The van der Waals surface area contributed by atoms with E-state index in [0.29, 0.717) is 6.42 Å². The molecule has 0 spiro atoms. The van der Waals surface area contributed by atoms with Gasteiger partial charge in [0.15, 0.2) is 0 Å². The van der Waals surface area contributed by atoms with Crippen LogP contribution in [0.15, 0.2) is 30.3 Å². The second-order valence-corrected chi connectivity index (χ2v) is 6.75. The molecule has 2 amide bonds. The molecule has 0 aromatic heterocycles. The molecular weight excluding hydrogens is 324 g/mol. The Morgan fingerprint density at radius 2 is 1.72 bits per heavy atom. The first-order chi connectivity index (χ1) is 11.7. The minimum Gasteiger partial charge on any atom is -0.480 e. The number of benzene rings is 1. The Morgan fingerprint density at radius 1 is 1.12 bits per heavy atom. The van der Waals surface area contributed by atoms with Crippen LogP contribution in [0.3, 0.4) is 0 Å². The molecule has 138 valence electrons. The van der Waals surface area contributed by atoms with Crippen molar-refractivity contribution in [3.8, 4) is 0 Å². The number of carboxylic acids is 1. The molecule has 1 aromatic carbocycles. The molecule has 0 heterocycles. The number of hydrogen-bond acceptors (Lipinski definition) is 4. The van der Waals surface area contributed by atoms with Crippen molar-refractivity contribution in [2.75, 3.05) is 0 Å². The summed E-state index contributed by atoms with van der Waals surface area (Å²) >= 11 is 0. The fourth-order valence-electron chi connectivity index (χ4n) is 2.50. The summed E-state index contributed by atoms with van der Waals surface area (Å²) in [7, 11) is 0. The van der Waals surface area contributed by atoms with Crippen LogP contribution in [0.25, 0.3) is 0 Å². The normalized spacial score (nSPS) is 14.4. The van der Waals surface area contributed by atoms with Crippen LogP contribution in [0.5, 0.6) is 0 Å². The minimum atomic E-state index is -1.59. The molecule has 0 aliphatic rings. The maximum absolute atomic E-state index is 12.6. The summed E-state index contributed by atoms with van der Waals surface area (Å²) in [5, 5.41) is 20.7. The Hall–Kier alpha value is -2.41. The van der Waals surface area contributed by atoms with Gasteiger partial charge in [-0.05, 0) is 37.7 Å². The molecule has 0 aliphatic carbocycles. The van der Waals surface area contributed by atoms with Crippen molar-refractivity contribution in [3.63, 3.8) is 0 Å². The molecule has 2 atom stereocenters. The Morgan fingerprint density at radius 3 is 2.20 bits per heavy atom. The van der Waals surface area contributed by atoms with Gasteiger partial charge in [0, 0.05) is 0 Å². The Balaban J connectivity index is 2.93. The molecule has 1 unspecified atom stereocenters. The van der Waals surface area contributed by atoms with E-state index in [4.69, 9.17) is 5.21 Å². The Labute approximate surface area is 147 Å². The van der Waals surface area contributed by atoms with Gasteiger partial charge in [-0.3, -0.25) is 14.8 Å². The van der Waals surface area contributed by atoms with Gasteiger partial charge >= 0.3 is 5.97 Å². The predicted molar refractivity (Wildman–Crippen MR) is 91.8 cm³/mol. The van der Waals surface area contributed by atoms with E-state index in [9.17, 15) is 19.5 Å². The van der Waals surface area contributed by atoms with Gasteiger partial charge in [0.05, 0.1) is 0 Å². The maximum atomic E-state index is 12.6. The van der Waals surface area contributed by atoms with E-state index in [0.717, 1.165) is 5.56 Å². The van der Waals surface area contributed by atoms with Crippen molar-refractivity contribution >= 4 is 17.8 Å². The molecule has 4 N–H and O–H groups in total. The highest BCUT2D eigenvalue weighted by atomic mass is 16.5. The third kappa shape index (κ3) is 5.86. The maximum Gasteiger partial charge on any atom is 0.326 e. The van der Waals surface area contributed by atoms with Crippen molar-refractivity contribution < 1.29 is 24.7 Å². The van der Waals surface area contributed by atoms with Crippen LogP contribution in [-0.4, -0.2) is 34.1 Å². The highest BCUT2D eigenvalue weighted by Gasteiger charge is 2.42. The van der Waals surface area contributed by atoms with Crippen LogP contribution in [-0.2, 0) is 20.8 Å². The number of aliphatic carboxylic acids is 1. The van der Waals surface area contributed by atoms with Crippen LogP contribution in [0, 0.1) is 11.3 Å². The summed E-state index contributed by atoms with van der Waals surface area (Å²) in [4.78, 5) is 36.1. The molecule has 0 radical (unpaired) electrons. The van der Waals surface area contributed by atoms with Gasteiger partial charge in [0.2, 0.25) is 5.91 Å². The number of carboxylic acid groups (broad SMARTS) is 1. The first kappa shape index (κ1) is 20.6. The lowest BCUT2D eigenvalue weighted by Gasteiger charge is -2.28. The predicted octanol–water partition coefficient (Wildman–Crippen LogP) is 1.75. The first-order valence-corrected chi connectivity index (χ1v) is 8.23. The topological polar surface area (TPSA) is 116 Å². The van der Waals surface area contributed by atoms with Gasteiger partial charge in [0.1, 0.15) is 11.5 Å². The average molecular weight is 350 g/mol. The fraction of sp³-hybridized carbons (Fsp3) is 0.500. The van der Waals surface area contributed by atoms with Gasteiger partial charge < -0.3 is 10.4 Å². The van der Waals surface area contributed by atoms with Crippen molar-refractivity contribution in [1.29, 1.82) is 0 Å². The molecule has 0 bridgehead atoms. The highest BCUT2D eigenvalue weighted by molar-refractivity contribution is 6.05. The standard InChI is InChI=1S/C18H26N2O5/c1-12(2)11-14(15(21)22)19-16(23)18(3,17(24)20-25)10-9-13-7-5-4-6-8-13/h4-8,12,14,25H,9-11H2,1-3H3,(H,19,23)(H,20,24)(H,21,22)/t14-,18?/m0/s1. The molecule has 0 aliphatic heterocycles. The van der Waals surface area contributed by atoms with Crippen LogP contribution in [0.2, 0.25) is 0 Å². The van der Waals surface area contributed by atoms with Crippen LogP contribution in [0.1, 0.15) is 39.2 Å². The molecule has 1 aromatic rings. The second kappa shape index (κ2) is 9.17. The van der Waals surface area contributed by atoms with E-state index in [1.165, 1.54) is 12.4 Å². The number of nitrogens with one attached hydrogen (secondary N) is 2. The zero-order valence-electron chi connectivity index (χ0n) is 14.8. The second-order valence-electron chi connectivity index (χ2n) is 6.75. The molecule has 0 saturated heterocycles. The van der Waals surface area contributed by atoms with Crippen molar-refractivity contribution in [2.45, 2.75) is 46.1 Å². The number of carbonyl (C=O) groups excluding carboxylic acids is 2. The van der Waals surface area contributed by atoms with E-state index in [1.807, 2.05) is 44.2 Å². The Bertz CT molecular complexity index is 603. The summed E-state index contributed by atoms with van der Waals surface area (Å²) in [6, 6.07) is 8.21. The van der Waals surface area contributed by atoms with Gasteiger partial charge in [0.25, 0.3) is 5.91 Å². The molecule has 7 heteroatoms. The summed E-state index contributed by atoms with van der Waals surface area (Å²) in [6.45, 7) is 5.08. The van der Waals surface area contributed by atoms with Crippen LogP contribution < -0.4 is 10.8 Å². The smallest absolute Gasteiger partial charge is 0.326 e. The largest absolute Gasteiger partial charge is 0.480 e. The van der Waals surface area contributed by atoms with Crippen LogP contribution >= 0.6 is 0 Å². The van der Waals surface area contributed by atoms with Gasteiger partial charge in [-0.1, -0.05) is 44.2 Å². The quantitative estimate of drug-likeness (QED) is 0.308. The van der Waals surface area contributed by atoms with Crippen molar-refractivity contribution in [1.82, 2.24) is 10.8 Å². The number of aryl methyl sites for hydroxylation is 1. The zero-order chi connectivity index (χ0) is 19.0. The fourth-order valence-corrected chi connectivity index (χ4v) is 2.50. The molecule has 1 rings (SSSR count). The lowest BCUT2D eigenvalue weighted by Crippen LogP contribution is -2.53. The van der Waals surface area contributed by atoms with Gasteiger partial charge in [-0.2, -0.15) is 0 Å².